The van der Waals surface area contributed by atoms with Gasteiger partial charge in [-0.25, -0.2) is 14.0 Å². The van der Waals surface area contributed by atoms with E-state index in [-0.39, 0.29) is 22.4 Å². The number of anilines is 1. The van der Waals surface area contributed by atoms with Crippen LogP contribution in [0.4, 0.5) is 5.13 Å². The van der Waals surface area contributed by atoms with E-state index in [1.807, 2.05) is 6.20 Å². The molecule has 1 aliphatic heterocycles. The van der Waals surface area contributed by atoms with Gasteiger partial charge in [0.2, 0.25) is 5.62 Å². The molecule has 48 heavy (non-hydrogen) atoms. The fraction of sp³-hybridized carbons (Fsp3) is 0.407. The van der Waals surface area contributed by atoms with Gasteiger partial charge >= 0.3 is 5.97 Å². The van der Waals surface area contributed by atoms with Crippen molar-refractivity contribution in [2.24, 2.45) is 29.6 Å². The first-order valence-electron chi connectivity index (χ1n) is 14.2. The average molecular weight is 708 g/mol. The fourth-order valence-electron chi connectivity index (χ4n) is 4.68. The summed E-state index contributed by atoms with van der Waals surface area (Å²) in [6, 6.07) is 5.49. The number of nitrogens with two attached hydrogens (primary N) is 3. The van der Waals surface area contributed by atoms with Crippen molar-refractivity contribution in [2.75, 3.05) is 25.4 Å². The molecule has 19 nitrogen and oxygen atoms in total. The number of rotatable bonds is 16. The average Bonchev–Trinajstić information content (AvgIpc) is 3.60. The van der Waals surface area contributed by atoms with Gasteiger partial charge in [0.05, 0.1) is 11.2 Å². The Morgan fingerprint density at radius 1 is 1.27 bits per heavy atom. The molecule has 3 aromatic rings. The molecule has 0 bridgehead atoms. The highest BCUT2D eigenvalue weighted by atomic mass is 32.2. The van der Waals surface area contributed by atoms with Crippen molar-refractivity contribution < 1.29 is 42.1 Å². The molecule has 1 unspecified atom stereocenters. The van der Waals surface area contributed by atoms with Crippen LogP contribution >= 0.6 is 11.3 Å². The van der Waals surface area contributed by atoms with Gasteiger partial charge in [-0.05, 0) is 56.8 Å². The van der Waals surface area contributed by atoms with Crippen molar-refractivity contribution in [3.63, 3.8) is 0 Å². The van der Waals surface area contributed by atoms with Crippen LogP contribution in [0.15, 0.2) is 41.0 Å². The van der Waals surface area contributed by atoms with E-state index in [0.29, 0.717) is 30.4 Å². The Labute approximate surface area is 280 Å². The lowest BCUT2D eigenvalue weighted by Gasteiger charge is -2.51. The molecule has 0 saturated carbocycles. The van der Waals surface area contributed by atoms with Crippen molar-refractivity contribution in [1.82, 2.24) is 24.5 Å². The number of carbonyl (C=O) groups excluding carboxylic acids is 2. The minimum atomic E-state index is -3.02. The van der Waals surface area contributed by atoms with E-state index in [9.17, 15) is 28.3 Å². The van der Waals surface area contributed by atoms with E-state index in [1.165, 1.54) is 19.2 Å². The number of imidazole rings is 1. The molecule has 260 valence electrons. The third-order valence-electron chi connectivity index (χ3n) is 7.52. The maximum absolute atomic E-state index is 13.2. The lowest BCUT2D eigenvalue weighted by atomic mass is 9.84. The number of nitrogens with zero attached hydrogens (tertiary/aromatic N) is 5. The zero-order valence-electron chi connectivity index (χ0n) is 26.0. The van der Waals surface area contributed by atoms with E-state index in [0.717, 1.165) is 22.6 Å². The maximum Gasteiger partial charge on any atom is 0.351 e. The highest BCUT2D eigenvalue weighted by molar-refractivity contribution is 7.74. The Morgan fingerprint density at radius 3 is 2.48 bits per heavy atom. The molecule has 3 heterocycles. The van der Waals surface area contributed by atoms with Gasteiger partial charge in [0.1, 0.15) is 35.5 Å². The van der Waals surface area contributed by atoms with Gasteiger partial charge in [-0.2, -0.15) is 9.35 Å². The molecule has 0 radical (unpaired) electrons. The third-order valence-corrected chi connectivity index (χ3v) is 8.46. The van der Waals surface area contributed by atoms with E-state index < -0.39 is 59.1 Å². The summed E-state index contributed by atoms with van der Waals surface area (Å²) in [5.74, 6) is -2.95. The number of hydrogen-bond donors (Lipinski definition) is 6. The molecular weight excluding hydrogens is 672 g/mol. The summed E-state index contributed by atoms with van der Waals surface area (Å²) in [6.07, 6.45) is 0.143. The number of β-lactam (4-membered cyclic amide) rings is 1. The number of carboxylic acids is 1. The fourth-order valence-corrected chi connectivity index (χ4v) is 5.61. The van der Waals surface area contributed by atoms with Crippen LogP contribution < -0.4 is 32.9 Å². The number of hydrogen-bond acceptors (Lipinski definition) is 15. The zero-order chi connectivity index (χ0) is 35.3. The van der Waals surface area contributed by atoms with Crippen LogP contribution in [0.25, 0.3) is 11.3 Å². The number of nitrogens with one attached hydrogen (secondary N) is 2. The highest BCUT2D eigenvalue weighted by Gasteiger charge is 2.57. The van der Waals surface area contributed by atoms with Crippen LogP contribution in [0.1, 0.15) is 19.5 Å². The van der Waals surface area contributed by atoms with Gasteiger partial charge in [-0.15, -0.1) is 11.3 Å². The number of thiazole rings is 1. The van der Waals surface area contributed by atoms with Crippen LogP contribution in [-0.4, -0.2) is 93.9 Å². The van der Waals surface area contributed by atoms with Crippen molar-refractivity contribution in [3.8, 4) is 17.0 Å². The van der Waals surface area contributed by atoms with Crippen LogP contribution in [0.5, 0.6) is 5.75 Å². The molecule has 0 spiro atoms. The summed E-state index contributed by atoms with van der Waals surface area (Å²) in [5.41, 5.74) is 17.2. The van der Waals surface area contributed by atoms with Crippen LogP contribution in [0.2, 0.25) is 0 Å². The summed E-state index contributed by atoms with van der Waals surface area (Å²) in [5, 5.41) is 26.4. The SMILES string of the molecule is Cn1c(-c2ccc(OC[C@H](O/N=C(\C(=O)N[C@@H]3C(=O)N(OS(=O)[O-])C3(C)C)c3csc(N)n3)C(=O)O)cc2)cn(CC(CN)CN)c1=N. The number of hydroxylamine groups is 2. The van der Waals surface area contributed by atoms with E-state index in [4.69, 9.17) is 32.2 Å². The molecule has 3 atom stereocenters. The van der Waals surface area contributed by atoms with Gasteiger partial charge in [0, 0.05) is 31.1 Å². The zero-order valence-corrected chi connectivity index (χ0v) is 27.7. The Morgan fingerprint density at radius 2 is 1.94 bits per heavy atom. The number of aliphatic carboxylic acids is 1. The predicted molar refractivity (Wildman–Crippen MR) is 170 cm³/mol. The monoisotopic (exact) mass is 707 g/mol. The molecule has 1 saturated heterocycles. The molecule has 1 aliphatic rings. The Balaban J connectivity index is 1.46. The Kier molecular flexibility index (Phi) is 11.3. The highest BCUT2D eigenvalue weighted by Crippen LogP contribution is 2.32. The van der Waals surface area contributed by atoms with E-state index >= 15 is 0 Å². The largest absolute Gasteiger partial charge is 0.748 e. The third kappa shape index (κ3) is 7.89. The number of ether oxygens (including phenoxy) is 1. The quantitative estimate of drug-likeness (QED) is 0.0434. The van der Waals surface area contributed by atoms with Gasteiger partial charge < -0.3 is 50.9 Å². The van der Waals surface area contributed by atoms with Crippen molar-refractivity contribution in [3.05, 3.63) is 47.2 Å². The second-order valence-corrected chi connectivity index (χ2v) is 12.6. The standard InChI is InChI=1S/C27H36N10O9S2/c1-27(2)21(23(39)37(27)46-48(42)43)33-22(38)20(17-13-47-25(30)32-17)34-45-19(24(40)41)12-44-16-6-4-15(5-7-16)18-11-36(26(31)35(18)3)10-14(8-28)9-29/h4-7,11,13-14,19,21,31H,8-10,12,28-29H2,1-3H3,(H2,30,32)(H,33,38)(H,40,41)(H,42,43)/p-1/b31-26?,34-20-/t19-,21+/m0/s1. The summed E-state index contributed by atoms with van der Waals surface area (Å²) in [6.45, 7) is 3.67. The molecule has 0 aliphatic carbocycles. The first-order chi connectivity index (χ1) is 22.7. The summed E-state index contributed by atoms with van der Waals surface area (Å²) in [4.78, 5) is 46.9. The van der Waals surface area contributed by atoms with Crippen LogP contribution in [0, 0.1) is 11.3 Å². The number of carboxylic acid groups (broad SMARTS) is 1. The van der Waals surface area contributed by atoms with Gasteiger partial charge in [0.15, 0.2) is 10.8 Å². The second-order valence-electron chi connectivity index (χ2n) is 11.1. The van der Waals surface area contributed by atoms with E-state index in [2.05, 4.69) is 19.7 Å². The molecule has 2 aromatic heterocycles. The smallest absolute Gasteiger partial charge is 0.351 e. The molecule has 2 amide bonds. The predicted octanol–water partition coefficient (Wildman–Crippen LogP) is -1.37. The summed E-state index contributed by atoms with van der Waals surface area (Å²) < 4.78 is 35.4. The minimum absolute atomic E-state index is 0.0218. The van der Waals surface area contributed by atoms with Crippen molar-refractivity contribution >= 4 is 51.3 Å². The van der Waals surface area contributed by atoms with Gasteiger partial charge in [0.25, 0.3) is 17.9 Å². The summed E-state index contributed by atoms with van der Waals surface area (Å²) >= 11 is -2.05. The number of amides is 2. The molecule has 4 rings (SSSR count). The topological polar surface area (TPSA) is 292 Å². The molecule has 9 N–H and O–H groups in total. The lowest BCUT2D eigenvalue weighted by Crippen LogP contribution is -2.76. The van der Waals surface area contributed by atoms with Crippen molar-refractivity contribution in [1.29, 1.82) is 5.41 Å². The number of carbonyl (C=O) groups is 3. The minimum Gasteiger partial charge on any atom is -0.748 e. The number of benzene rings is 1. The van der Waals surface area contributed by atoms with Crippen molar-refractivity contribution in [2.45, 2.75) is 38.1 Å². The van der Waals surface area contributed by atoms with Crippen LogP contribution in [-0.2, 0) is 48.5 Å². The normalized spacial score (nSPS) is 17.1. The molecule has 1 fully saturated rings. The Bertz CT molecular complexity index is 1770. The lowest BCUT2D eigenvalue weighted by molar-refractivity contribution is -0.216. The van der Waals surface area contributed by atoms with Gasteiger partial charge in [-0.3, -0.25) is 15.0 Å². The second kappa shape index (κ2) is 15.0. The molecule has 21 heteroatoms. The number of oxime groups is 1. The van der Waals surface area contributed by atoms with E-state index in [1.54, 1.807) is 40.4 Å². The summed E-state index contributed by atoms with van der Waals surface area (Å²) in [7, 11) is 1.76. The Hall–Kier alpha value is -4.67. The molecule has 1 aromatic carbocycles. The first kappa shape index (κ1) is 36.2. The molecular formula is C27H35N10O9S2-. The maximum atomic E-state index is 13.2. The first-order valence-corrected chi connectivity index (χ1v) is 16.1. The van der Waals surface area contributed by atoms with Gasteiger partial charge in [-0.1, -0.05) is 5.16 Å². The van der Waals surface area contributed by atoms with Crippen LogP contribution in [0.3, 0.4) is 0 Å². The number of aromatic nitrogens is 3. The number of nitrogen functional groups attached to an aromatic ring is 1.